The maximum absolute atomic E-state index is 11.8. The molecule has 2 aromatic rings. The fraction of sp³-hybridized carbons (Fsp3) is 0.471. The molecule has 0 aliphatic carbocycles. The topological polar surface area (TPSA) is 158 Å². The number of rotatable bonds is 4. The first-order chi connectivity index (χ1) is 13.0. The molecule has 0 radical (unpaired) electrons. The van der Waals surface area contributed by atoms with Gasteiger partial charge in [0.05, 0.1) is 24.0 Å². The quantitative estimate of drug-likeness (QED) is 0.736. The second kappa shape index (κ2) is 8.46. The van der Waals surface area contributed by atoms with Gasteiger partial charge < -0.3 is 10.8 Å². The molecular weight excluding hydrogens is 386 g/mol. The summed E-state index contributed by atoms with van der Waals surface area (Å²) in [7, 11) is -3.07. The number of nitrogens with two attached hydrogens (primary N) is 1. The van der Waals surface area contributed by atoms with Gasteiger partial charge in [0.15, 0.2) is 21.5 Å². The van der Waals surface area contributed by atoms with Gasteiger partial charge in [0.2, 0.25) is 5.91 Å². The summed E-state index contributed by atoms with van der Waals surface area (Å²) in [5, 5.41) is 11.8. The van der Waals surface area contributed by atoms with E-state index in [0.29, 0.717) is 18.1 Å². The van der Waals surface area contributed by atoms with E-state index in [1.807, 2.05) is 19.9 Å². The Hall–Kier alpha value is -2.82. The van der Waals surface area contributed by atoms with Gasteiger partial charge in [0, 0.05) is 24.4 Å². The van der Waals surface area contributed by atoms with Gasteiger partial charge in [-0.2, -0.15) is 5.10 Å². The van der Waals surface area contributed by atoms with Gasteiger partial charge in [-0.15, -0.1) is 0 Å². The number of aliphatic carboxylic acids is 1. The average molecular weight is 409 g/mol. The zero-order valence-electron chi connectivity index (χ0n) is 15.9. The van der Waals surface area contributed by atoms with Crippen LogP contribution in [0.4, 0.5) is 0 Å². The Bertz CT molecular complexity index is 995. The first-order valence-corrected chi connectivity index (χ1v) is 10.4. The molecule has 1 fully saturated rings. The molecule has 1 aliphatic heterocycles. The number of carbonyl (C=O) groups excluding carboxylic acids is 1. The van der Waals surface area contributed by atoms with Crippen LogP contribution in [0.1, 0.15) is 36.5 Å². The minimum atomic E-state index is -3.07. The van der Waals surface area contributed by atoms with Crippen LogP contribution in [-0.4, -0.2) is 56.7 Å². The monoisotopic (exact) mass is 409 g/mol. The molecule has 2 aromatic heterocycles. The number of nitrogens with zero attached hydrogens (tertiary/aromatic N) is 4. The van der Waals surface area contributed by atoms with E-state index in [9.17, 15) is 13.2 Å². The van der Waals surface area contributed by atoms with E-state index in [1.165, 1.54) is 0 Å². The molecule has 1 aliphatic rings. The van der Waals surface area contributed by atoms with E-state index in [-0.39, 0.29) is 24.0 Å². The Kier molecular flexibility index (Phi) is 6.49. The molecule has 152 valence electrons. The average Bonchev–Trinajstić information content (AvgIpc) is 3.09. The van der Waals surface area contributed by atoms with Gasteiger partial charge in [-0.3, -0.25) is 14.6 Å². The van der Waals surface area contributed by atoms with Crippen LogP contribution in [0.3, 0.4) is 0 Å². The van der Waals surface area contributed by atoms with Gasteiger partial charge in [-0.05, 0) is 31.9 Å². The number of amides is 1. The second-order valence-corrected chi connectivity index (χ2v) is 8.88. The number of pyridine rings is 1. The van der Waals surface area contributed by atoms with Crippen molar-refractivity contribution >= 4 is 21.7 Å². The number of hydrogen-bond donors (Lipinski definition) is 2. The fourth-order valence-corrected chi connectivity index (χ4v) is 4.63. The molecule has 28 heavy (non-hydrogen) atoms. The van der Waals surface area contributed by atoms with Crippen molar-refractivity contribution in [3.05, 3.63) is 29.3 Å². The van der Waals surface area contributed by atoms with Gasteiger partial charge in [0.1, 0.15) is 0 Å². The highest BCUT2D eigenvalue weighted by molar-refractivity contribution is 7.91. The van der Waals surface area contributed by atoms with Crippen molar-refractivity contribution in [1.29, 1.82) is 0 Å². The summed E-state index contributed by atoms with van der Waals surface area (Å²) in [5.41, 5.74) is 7.84. The molecule has 1 amide bonds. The minimum Gasteiger partial charge on any atom is -0.481 e. The highest BCUT2D eigenvalue weighted by atomic mass is 32.2. The van der Waals surface area contributed by atoms with Crippen LogP contribution in [0, 0.1) is 13.8 Å². The van der Waals surface area contributed by atoms with Crippen molar-refractivity contribution in [1.82, 2.24) is 19.7 Å². The maximum Gasteiger partial charge on any atom is 0.300 e. The third kappa shape index (κ3) is 5.59. The fourth-order valence-electron chi connectivity index (χ4n) is 2.94. The zero-order valence-corrected chi connectivity index (χ0v) is 16.7. The summed E-state index contributed by atoms with van der Waals surface area (Å²) in [4.78, 5) is 28.9. The Labute approximate surface area is 162 Å². The first kappa shape index (κ1) is 21.5. The lowest BCUT2D eigenvalue weighted by atomic mass is 10.1. The standard InChI is InChI=1S/C15H19N5O3S.C2H4O2/c1-9-5-10(2)17-7-12(9)15-18-14(6-13(16)21)19-20(15)11-3-4-24(22,23)8-11;1-2(3)4/h5,7,11H,3-4,6,8H2,1-2H3,(H2,16,21);1H3,(H,3,4). The molecule has 1 unspecified atom stereocenters. The number of primary amides is 1. The SMILES string of the molecule is CC(=O)O.Cc1cc(C)c(-c2nc(CC(N)=O)nn2C2CCS(=O)(=O)C2)cn1. The molecule has 0 spiro atoms. The lowest BCUT2D eigenvalue weighted by Gasteiger charge is -2.13. The largest absolute Gasteiger partial charge is 0.481 e. The van der Waals surface area contributed by atoms with E-state index < -0.39 is 21.7 Å². The third-order valence-electron chi connectivity index (χ3n) is 4.05. The van der Waals surface area contributed by atoms with Crippen LogP contribution < -0.4 is 5.73 Å². The van der Waals surface area contributed by atoms with E-state index >= 15 is 0 Å². The summed E-state index contributed by atoms with van der Waals surface area (Å²) >= 11 is 0. The Balaban J connectivity index is 0.000000640. The first-order valence-electron chi connectivity index (χ1n) is 8.56. The lowest BCUT2D eigenvalue weighted by Crippen LogP contribution is -2.16. The summed E-state index contributed by atoms with van der Waals surface area (Å²) < 4.78 is 25.2. The molecule has 3 rings (SSSR count). The normalized spacial score (nSPS) is 17.6. The van der Waals surface area contributed by atoms with Crippen LogP contribution in [-0.2, 0) is 25.8 Å². The van der Waals surface area contributed by atoms with Gasteiger partial charge in [0.25, 0.3) is 5.97 Å². The van der Waals surface area contributed by atoms with Crippen LogP contribution in [0.25, 0.3) is 11.4 Å². The third-order valence-corrected chi connectivity index (χ3v) is 5.80. The molecular formula is C17H23N5O5S. The number of aromatic nitrogens is 4. The Morgan fingerprint density at radius 2 is 2.00 bits per heavy atom. The number of sulfone groups is 1. The summed E-state index contributed by atoms with van der Waals surface area (Å²) in [5.74, 6) is -0.387. The Morgan fingerprint density at radius 1 is 1.36 bits per heavy atom. The molecule has 0 saturated carbocycles. The van der Waals surface area contributed by atoms with Gasteiger partial charge in [-0.25, -0.2) is 18.1 Å². The smallest absolute Gasteiger partial charge is 0.300 e. The van der Waals surface area contributed by atoms with Crippen molar-refractivity contribution < 1.29 is 23.1 Å². The van der Waals surface area contributed by atoms with Crippen molar-refractivity contribution in [2.45, 2.75) is 39.7 Å². The molecule has 11 heteroatoms. The molecule has 1 saturated heterocycles. The molecule has 10 nitrogen and oxygen atoms in total. The van der Waals surface area contributed by atoms with E-state index in [1.54, 1.807) is 10.9 Å². The van der Waals surface area contributed by atoms with Crippen LogP contribution in [0.5, 0.6) is 0 Å². The maximum atomic E-state index is 11.8. The predicted molar refractivity (Wildman–Crippen MR) is 101 cm³/mol. The number of carboxylic acids is 1. The molecule has 0 bridgehead atoms. The van der Waals surface area contributed by atoms with E-state index in [4.69, 9.17) is 15.6 Å². The van der Waals surface area contributed by atoms with Gasteiger partial charge in [-0.1, -0.05) is 0 Å². The molecule has 0 aromatic carbocycles. The minimum absolute atomic E-state index is 0.0255. The van der Waals surface area contributed by atoms with Crippen molar-refractivity contribution in [2.24, 2.45) is 5.73 Å². The van der Waals surface area contributed by atoms with Crippen LogP contribution in [0.2, 0.25) is 0 Å². The van der Waals surface area contributed by atoms with Gasteiger partial charge >= 0.3 is 0 Å². The Morgan fingerprint density at radius 3 is 2.50 bits per heavy atom. The number of carbonyl (C=O) groups is 2. The molecule has 3 N–H and O–H groups in total. The van der Waals surface area contributed by atoms with E-state index in [2.05, 4.69) is 15.1 Å². The highest BCUT2D eigenvalue weighted by Crippen LogP contribution is 2.29. The molecule has 1 atom stereocenters. The zero-order chi connectivity index (χ0) is 21.1. The number of aryl methyl sites for hydroxylation is 2. The van der Waals surface area contributed by atoms with Crippen molar-refractivity contribution in [2.75, 3.05) is 11.5 Å². The summed E-state index contributed by atoms with van der Waals surface area (Å²) in [6.45, 7) is 4.91. The number of hydrogen-bond acceptors (Lipinski definition) is 7. The number of carboxylic acid groups (broad SMARTS) is 1. The summed E-state index contributed by atoms with van der Waals surface area (Å²) in [6, 6.07) is 1.63. The van der Waals surface area contributed by atoms with Crippen LogP contribution in [0.15, 0.2) is 12.3 Å². The lowest BCUT2D eigenvalue weighted by molar-refractivity contribution is -0.134. The van der Waals surface area contributed by atoms with Crippen molar-refractivity contribution in [3.63, 3.8) is 0 Å². The molecule has 3 heterocycles. The van der Waals surface area contributed by atoms with E-state index in [0.717, 1.165) is 23.7 Å². The summed E-state index contributed by atoms with van der Waals surface area (Å²) in [6.07, 6.45) is 2.09. The highest BCUT2D eigenvalue weighted by Gasteiger charge is 2.32. The van der Waals surface area contributed by atoms with Crippen LogP contribution >= 0.6 is 0 Å². The second-order valence-electron chi connectivity index (χ2n) is 6.66. The predicted octanol–water partition coefficient (Wildman–Crippen LogP) is 0.435. The van der Waals surface area contributed by atoms with Crippen molar-refractivity contribution in [3.8, 4) is 11.4 Å².